The third kappa shape index (κ3) is 1.33. The lowest BCUT2D eigenvalue weighted by atomic mass is 9.67. The fourth-order valence-corrected chi connectivity index (χ4v) is 2.59. The first-order valence-electron chi connectivity index (χ1n) is 3.93. The zero-order chi connectivity index (χ0) is 7.90. The summed E-state index contributed by atoms with van der Waals surface area (Å²) in [5, 5.41) is 0. The largest absolute Gasteiger partial charge is 0.377 e. The quantitative estimate of drug-likeness (QED) is 0.532. The van der Waals surface area contributed by atoms with Gasteiger partial charge in [0.05, 0.1) is 12.7 Å². The SMILES string of the molecule is O=C1CC2(COC(CI)C2)C1. The second-order valence-electron chi connectivity index (χ2n) is 3.68. The van der Waals surface area contributed by atoms with Crippen LogP contribution in [-0.4, -0.2) is 22.9 Å². The van der Waals surface area contributed by atoms with E-state index in [1.54, 1.807) is 0 Å². The molecule has 62 valence electrons. The van der Waals surface area contributed by atoms with E-state index >= 15 is 0 Å². The molecule has 1 saturated carbocycles. The predicted molar refractivity (Wildman–Crippen MR) is 49.9 cm³/mol. The topological polar surface area (TPSA) is 26.3 Å². The lowest BCUT2D eigenvalue weighted by Crippen LogP contribution is -2.38. The van der Waals surface area contributed by atoms with E-state index < -0.39 is 0 Å². The Bertz CT molecular complexity index is 183. The highest BCUT2D eigenvalue weighted by Gasteiger charge is 2.48. The van der Waals surface area contributed by atoms with Crippen molar-refractivity contribution < 1.29 is 9.53 Å². The normalized spacial score (nSPS) is 34.3. The summed E-state index contributed by atoms with van der Waals surface area (Å²) in [6, 6.07) is 0. The van der Waals surface area contributed by atoms with E-state index in [1.807, 2.05) is 0 Å². The number of alkyl halides is 1. The molecule has 1 atom stereocenters. The Labute approximate surface area is 79.8 Å². The summed E-state index contributed by atoms with van der Waals surface area (Å²) < 4.78 is 6.61. The highest BCUT2D eigenvalue weighted by Crippen LogP contribution is 2.47. The van der Waals surface area contributed by atoms with Crippen molar-refractivity contribution >= 4 is 28.4 Å². The van der Waals surface area contributed by atoms with Gasteiger partial charge in [0, 0.05) is 22.7 Å². The molecule has 0 aromatic heterocycles. The Kier molecular flexibility index (Phi) is 1.95. The van der Waals surface area contributed by atoms with Gasteiger partial charge in [-0.1, -0.05) is 22.6 Å². The van der Waals surface area contributed by atoms with Crippen LogP contribution in [0.4, 0.5) is 0 Å². The van der Waals surface area contributed by atoms with Crippen LogP contribution in [-0.2, 0) is 9.53 Å². The first-order valence-corrected chi connectivity index (χ1v) is 5.46. The van der Waals surface area contributed by atoms with Crippen LogP contribution in [0.25, 0.3) is 0 Å². The molecular weight excluding hydrogens is 255 g/mol. The Morgan fingerprint density at radius 1 is 1.64 bits per heavy atom. The molecule has 1 aliphatic carbocycles. The summed E-state index contributed by atoms with van der Waals surface area (Å²) in [6.45, 7) is 0.826. The van der Waals surface area contributed by atoms with E-state index in [2.05, 4.69) is 22.6 Å². The summed E-state index contributed by atoms with van der Waals surface area (Å²) in [7, 11) is 0. The van der Waals surface area contributed by atoms with Gasteiger partial charge >= 0.3 is 0 Å². The standard InChI is InChI=1S/C8H11IO2/c9-4-7-3-8(5-11-7)1-6(10)2-8/h7H,1-5H2. The third-order valence-electron chi connectivity index (χ3n) is 2.60. The molecule has 1 unspecified atom stereocenters. The molecule has 0 aromatic rings. The van der Waals surface area contributed by atoms with Crippen molar-refractivity contribution in [3.05, 3.63) is 0 Å². The first kappa shape index (κ1) is 7.98. The smallest absolute Gasteiger partial charge is 0.134 e. The van der Waals surface area contributed by atoms with Crippen LogP contribution in [0, 0.1) is 5.41 Å². The van der Waals surface area contributed by atoms with Crippen molar-refractivity contribution in [2.24, 2.45) is 5.41 Å². The van der Waals surface area contributed by atoms with Crippen LogP contribution >= 0.6 is 22.6 Å². The Morgan fingerprint density at radius 2 is 2.36 bits per heavy atom. The van der Waals surface area contributed by atoms with Gasteiger partial charge in [-0.2, -0.15) is 0 Å². The lowest BCUT2D eigenvalue weighted by molar-refractivity contribution is -0.132. The highest BCUT2D eigenvalue weighted by atomic mass is 127. The number of Topliss-reactive ketones (excluding diaryl/α,β-unsaturated/α-hetero) is 1. The van der Waals surface area contributed by atoms with Gasteiger partial charge in [-0.3, -0.25) is 4.79 Å². The molecule has 11 heavy (non-hydrogen) atoms. The Hall–Kier alpha value is 0.360. The fraction of sp³-hybridized carbons (Fsp3) is 0.875. The third-order valence-corrected chi connectivity index (χ3v) is 3.58. The average Bonchev–Trinajstić information content (AvgIpc) is 2.31. The molecule has 0 aromatic carbocycles. The Balaban J connectivity index is 1.94. The molecule has 0 radical (unpaired) electrons. The van der Waals surface area contributed by atoms with Crippen molar-refractivity contribution in [1.82, 2.24) is 0 Å². The van der Waals surface area contributed by atoms with E-state index in [1.165, 1.54) is 0 Å². The van der Waals surface area contributed by atoms with Crippen LogP contribution < -0.4 is 0 Å². The maximum atomic E-state index is 10.8. The maximum absolute atomic E-state index is 10.8. The number of halogens is 1. The predicted octanol–water partition coefficient (Wildman–Crippen LogP) is 1.56. The average molecular weight is 266 g/mol. The van der Waals surface area contributed by atoms with E-state index in [4.69, 9.17) is 4.74 Å². The molecule has 1 heterocycles. The van der Waals surface area contributed by atoms with Gasteiger partial charge in [0.2, 0.25) is 0 Å². The molecule has 0 N–H and O–H groups in total. The zero-order valence-corrected chi connectivity index (χ0v) is 8.46. The molecule has 0 bridgehead atoms. The summed E-state index contributed by atoms with van der Waals surface area (Å²) in [4.78, 5) is 10.8. The maximum Gasteiger partial charge on any atom is 0.134 e. The fourth-order valence-electron chi connectivity index (χ4n) is 2.03. The van der Waals surface area contributed by atoms with Gasteiger partial charge in [-0.15, -0.1) is 0 Å². The van der Waals surface area contributed by atoms with E-state index in [0.29, 0.717) is 11.9 Å². The summed E-state index contributed by atoms with van der Waals surface area (Å²) >= 11 is 2.34. The highest BCUT2D eigenvalue weighted by molar-refractivity contribution is 14.1. The molecular formula is C8H11IO2. The molecule has 1 aliphatic heterocycles. The first-order chi connectivity index (χ1) is 5.24. The van der Waals surface area contributed by atoms with Crippen LogP contribution in [0.5, 0.6) is 0 Å². The number of rotatable bonds is 1. The van der Waals surface area contributed by atoms with Crippen LogP contribution in [0.2, 0.25) is 0 Å². The van der Waals surface area contributed by atoms with Gasteiger partial charge in [-0.25, -0.2) is 0 Å². The van der Waals surface area contributed by atoms with Crippen molar-refractivity contribution in [2.45, 2.75) is 25.4 Å². The van der Waals surface area contributed by atoms with Crippen LogP contribution in [0.1, 0.15) is 19.3 Å². The number of carbonyl (C=O) groups is 1. The number of ketones is 1. The van der Waals surface area contributed by atoms with Crippen molar-refractivity contribution in [2.75, 3.05) is 11.0 Å². The van der Waals surface area contributed by atoms with E-state index in [0.717, 1.165) is 30.3 Å². The lowest BCUT2D eigenvalue weighted by Gasteiger charge is -2.34. The number of hydrogen-bond acceptors (Lipinski definition) is 2. The van der Waals surface area contributed by atoms with Gasteiger partial charge in [0.1, 0.15) is 5.78 Å². The molecule has 1 spiro atoms. The van der Waals surface area contributed by atoms with E-state index in [-0.39, 0.29) is 5.41 Å². The minimum atomic E-state index is 0.285. The monoisotopic (exact) mass is 266 g/mol. The van der Waals surface area contributed by atoms with Gasteiger partial charge in [0.15, 0.2) is 0 Å². The summed E-state index contributed by atoms with van der Waals surface area (Å²) in [6.07, 6.45) is 3.09. The zero-order valence-electron chi connectivity index (χ0n) is 6.31. The van der Waals surface area contributed by atoms with E-state index in [9.17, 15) is 4.79 Å². The van der Waals surface area contributed by atoms with Crippen molar-refractivity contribution in [3.63, 3.8) is 0 Å². The minimum Gasteiger partial charge on any atom is -0.377 e. The van der Waals surface area contributed by atoms with Gasteiger partial charge < -0.3 is 4.74 Å². The molecule has 0 amide bonds. The van der Waals surface area contributed by atoms with Crippen molar-refractivity contribution in [3.8, 4) is 0 Å². The molecule has 2 nitrogen and oxygen atoms in total. The van der Waals surface area contributed by atoms with Crippen LogP contribution in [0.3, 0.4) is 0 Å². The second kappa shape index (κ2) is 2.69. The molecule has 2 rings (SSSR count). The second-order valence-corrected chi connectivity index (χ2v) is 4.56. The number of carbonyl (C=O) groups excluding carboxylic acids is 1. The molecule has 2 aliphatic rings. The van der Waals surface area contributed by atoms with Crippen molar-refractivity contribution in [1.29, 1.82) is 0 Å². The number of ether oxygens (including phenoxy) is 1. The number of hydrogen-bond donors (Lipinski definition) is 0. The molecule has 2 fully saturated rings. The summed E-state index contributed by atoms with van der Waals surface area (Å²) in [5.41, 5.74) is 0.285. The molecule has 1 saturated heterocycles. The minimum absolute atomic E-state index is 0.285. The van der Waals surface area contributed by atoms with Gasteiger partial charge in [0.25, 0.3) is 0 Å². The summed E-state index contributed by atoms with van der Waals surface area (Å²) in [5.74, 6) is 0.419. The Morgan fingerprint density at radius 3 is 2.82 bits per heavy atom. The van der Waals surface area contributed by atoms with Gasteiger partial charge in [-0.05, 0) is 6.42 Å². The van der Waals surface area contributed by atoms with Crippen LogP contribution in [0.15, 0.2) is 0 Å². The molecule has 3 heteroatoms.